The fraction of sp³-hybridized carbons (Fsp3) is 0.417. The minimum Gasteiger partial charge on any atom is -0.395 e. The molecule has 0 radical (unpaired) electrons. The minimum absolute atomic E-state index is 0.0630. The van der Waals surface area contributed by atoms with E-state index in [4.69, 9.17) is 16.9 Å². The van der Waals surface area contributed by atoms with Crippen LogP contribution in [-0.2, 0) is 10.0 Å². The standard InChI is InChI=1S/C12H13ClN2O3S/c13-10-4-3-9(7-14)12(6-10)19(17,18)15-5-1-2-11(15)8-16/h3-4,6,11,16H,1-2,5,8H2/t11-/m0/s1. The minimum atomic E-state index is -3.80. The van der Waals surface area contributed by atoms with E-state index in [0.29, 0.717) is 19.4 Å². The van der Waals surface area contributed by atoms with Crippen LogP contribution < -0.4 is 0 Å². The summed E-state index contributed by atoms with van der Waals surface area (Å²) in [5.41, 5.74) is 0.0630. The van der Waals surface area contributed by atoms with E-state index in [2.05, 4.69) is 0 Å². The maximum Gasteiger partial charge on any atom is 0.244 e. The van der Waals surface area contributed by atoms with E-state index in [-0.39, 0.29) is 22.1 Å². The second-order valence-corrected chi connectivity index (χ2v) is 6.64. The first-order valence-electron chi connectivity index (χ1n) is 5.83. The lowest BCUT2D eigenvalue weighted by atomic mass is 10.2. The summed E-state index contributed by atoms with van der Waals surface area (Å²) in [5.74, 6) is 0. The number of nitrogens with zero attached hydrogens (tertiary/aromatic N) is 2. The highest BCUT2D eigenvalue weighted by Gasteiger charge is 2.36. The van der Waals surface area contributed by atoms with Crippen molar-refractivity contribution in [2.45, 2.75) is 23.8 Å². The van der Waals surface area contributed by atoms with Crippen molar-refractivity contribution in [1.82, 2.24) is 4.31 Å². The number of halogens is 1. The lowest BCUT2D eigenvalue weighted by molar-refractivity contribution is 0.213. The van der Waals surface area contributed by atoms with Gasteiger partial charge in [-0.3, -0.25) is 0 Å². The van der Waals surface area contributed by atoms with Gasteiger partial charge in [-0.05, 0) is 31.0 Å². The molecule has 1 aliphatic heterocycles. The maximum atomic E-state index is 12.5. The zero-order valence-electron chi connectivity index (χ0n) is 10.1. The molecule has 0 saturated carbocycles. The summed E-state index contributed by atoms with van der Waals surface area (Å²) in [6.45, 7) is 0.132. The fourth-order valence-corrected chi connectivity index (χ4v) is 4.33. The zero-order chi connectivity index (χ0) is 14.0. The normalized spacial score (nSPS) is 20.4. The number of hydrogen-bond donors (Lipinski definition) is 1. The third-order valence-corrected chi connectivity index (χ3v) is 5.41. The Bertz CT molecular complexity index is 624. The molecule has 0 aliphatic carbocycles. The number of aliphatic hydroxyl groups excluding tert-OH is 1. The molecular weight excluding hydrogens is 288 g/mol. The van der Waals surface area contributed by atoms with Crippen LogP contribution in [0.3, 0.4) is 0 Å². The first-order valence-corrected chi connectivity index (χ1v) is 7.65. The monoisotopic (exact) mass is 300 g/mol. The van der Waals surface area contributed by atoms with E-state index in [1.54, 1.807) is 0 Å². The molecule has 1 aliphatic rings. The van der Waals surface area contributed by atoms with Crippen molar-refractivity contribution in [3.63, 3.8) is 0 Å². The third kappa shape index (κ3) is 2.60. The SMILES string of the molecule is N#Cc1ccc(Cl)cc1S(=O)(=O)N1CCC[C@H]1CO. The topological polar surface area (TPSA) is 81.4 Å². The lowest BCUT2D eigenvalue weighted by Gasteiger charge is -2.22. The Morgan fingerprint density at radius 2 is 2.26 bits per heavy atom. The molecule has 0 aromatic heterocycles. The van der Waals surface area contributed by atoms with Gasteiger partial charge in [0, 0.05) is 17.6 Å². The molecule has 19 heavy (non-hydrogen) atoms. The Kier molecular flexibility index (Phi) is 4.11. The molecule has 0 unspecified atom stereocenters. The molecule has 7 heteroatoms. The quantitative estimate of drug-likeness (QED) is 0.914. The van der Waals surface area contributed by atoms with Crippen LogP contribution in [0.2, 0.25) is 5.02 Å². The number of sulfonamides is 1. The Hall–Kier alpha value is -1.13. The van der Waals surface area contributed by atoms with Gasteiger partial charge in [-0.25, -0.2) is 8.42 Å². The molecule has 5 nitrogen and oxygen atoms in total. The summed E-state index contributed by atoms with van der Waals surface area (Å²) in [5, 5.41) is 18.5. The molecule has 1 N–H and O–H groups in total. The second kappa shape index (κ2) is 5.47. The molecule has 0 amide bonds. The summed E-state index contributed by atoms with van der Waals surface area (Å²) >= 11 is 5.82. The average Bonchev–Trinajstić information content (AvgIpc) is 2.87. The third-order valence-electron chi connectivity index (χ3n) is 3.18. The Labute approximate surface area is 117 Å². The molecule has 1 atom stereocenters. The molecule has 1 aromatic carbocycles. The highest BCUT2D eigenvalue weighted by Crippen LogP contribution is 2.29. The van der Waals surface area contributed by atoms with Gasteiger partial charge < -0.3 is 5.11 Å². The summed E-state index contributed by atoms with van der Waals surface area (Å²) in [7, 11) is -3.80. The van der Waals surface area contributed by atoms with Gasteiger partial charge in [0.25, 0.3) is 0 Å². The van der Waals surface area contributed by atoms with Crippen LogP contribution in [0.4, 0.5) is 0 Å². The highest BCUT2D eigenvalue weighted by atomic mass is 35.5. The Morgan fingerprint density at radius 1 is 1.53 bits per heavy atom. The summed E-state index contributed by atoms with van der Waals surface area (Å²) in [6, 6.07) is 5.58. The van der Waals surface area contributed by atoms with E-state index in [9.17, 15) is 13.5 Å². The predicted octanol–water partition coefficient (Wildman–Crippen LogP) is 1.36. The lowest BCUT2D eigenvalue weighted by Crippen LogP contribution is -2.37. The Balaban J connectivity index is 2.51. The maximum absolute atomic E-state index is 12.5. The van der Waals surface area contributed by atoms with Crippen LogP contribution in [-0.4, -0.2) is 37.0 Å². The molecule has 0 spiro atoms. The molecule has 1 heterocycles. The highest BCUT2D eigenvalue weighted by molar-refractivity contribution is 7.89. The zero-order valence-corrected chi connectivity index (χ0v) is 11.7. The van der Waals surface area contributed by atoms with Gasteiger partial charge in [-0.2, -0.15) is 9.57 Å². The molecule has 1 fully saturated rings. The molecule has 1 aromatic rings. The van der Waals surface area contributed by atoms with Gasteiger partial charge in [-0.1, -0.05) is 11.6 Å². The predicted molar refractivity (Wildman–Crippen MR) is 70.2 cm³/mol. The summed E-state index contributed by atoms with van der Waals surface area (Å²) in [4.78, 5) is -0.0946. The van der Waals surface area contributed by atoms with Crippen molar-refractivity contribution in [2.24, 2.45) is 0 Å². The van der Waals surface area contributed by atoms with Crippen molar-refractivity contribution in [1.29, 1.82) is 5.26 Å². The van der Waals surface area contributed by atoms with Gasteiger partial charge in [0.05, 0.1) is 12.2 Å². The van der Waals surface area contributed by atoms with E-state index in [0.717, 1.165) is 0 Å². The smallest absolute Gasteiger partial charge is 0.244 e. The fourth-order valence-electron chi connectivity index (χ4n) is 2.24. The molecule has 102 valence electrons. The Morgan fingerprint density at radius 3 is 2.89 bits per heavy atom. The number of nitriles is 1. The largest absolute Gasteiger partial charge is 0.395 e. The van der Waals surface area contributed by atoms with Crippen molar-refractivity contribution in [2.75, 3.05) is 13.2 Å². The number of rotatable bonds is 3. The molecule has 1 saturated heterocycles. The van der Waals surface area contributed by atoms with Crippen molar-refractivity contribution < 1.29 is 13.5 Å². The van der Waals surface area contributed by atoms with Crippen molar-refractivity contribution in [3.8, 4) is 6.07 Å². The van der Waals surface area contributed by atoms with Crippen LogP contribution in [0.1, 0.15) is 18.4 Å². The van der Waals surface area contributed by atoms with E-state index >= 15 is 0 Å². The average molecular weight is 301 g/mol. The molecule has 2 rings (SSSR count). The summed E-state index contributed by atoms with van der Waals surface area (Å²) in [6.07, 6.45) is 1.32. The number of benzene rings is 1. The van der Waals surface area contributed by atoms with Crippen molar-refractivity contribution in [3.05, 3.63) is 28.8 Å². The molecule has 0 bridgehead atoms. The number of aliphatic hydroxyl groups is 1. The molecular formula is C12H13ClN2O3S. The van der Waals surface area contributed by atoms with E-state index in [1.807, 2.05) is 6.07 Å². The van der Waals surface area contributed by atoms with Crippen LogP contribution in [0, 0.1) is 11.3 Å². The van der Waals surface area contributed by atoms with Crippen LogP contribution >= 0.6 is 11.6 Å². The van der Waals surface area contributed by atoms with Crippen molar-refractivity contribution >= 4 is 21.6 Å². The van der Waals surface area contributed by atoms with Gasteiger partial charge in [0.2, 0.25) is 10.0 Å². The number of hydrogen-bond acceptors (Lipinski definition) is 4. The van der Waals surface area contributed by atoms with Gasteiger partial charge in [0.1, 0.15) is 11.0 Å². The van der Waals surface area contributed by atoms with E-state index in [1.165, 1.54) is 22.5 Å². The van der Waals surface area contributed by atoms with Gasteiger partial charge in [0.15, 0.2) is 0 Å². The van der Waals surface area contributed by atoms with E-state index < -0.39 is 16.1 Å². The van der Waals surface area contributed by atoms with Crippen LogP contribution in [0.5, 0.6) is 0 Å². The summed E-state index contributed by atoms with van der Waals surface area (Å²) < 4.78 is 26.3. The first kappa shape index (κ1) is 14.3. The van der Waals surface area contributed by atoms with Crippen LogP contribution in [0.25, 0.3) is 0 Å². The van der Waals surface area contributed by atoms with Gasteiger partial charge in [-0.15, -0.1) is 0 Å². The first-order chi connectivity index (χ1) is 9.00. The van der Waals surface area contributed by atoms with Gasteiger partial charge >= 0.3 is 0 Å². The van der Waals surface area contributed by atoms with Crippen LogP contribution in [0.15, 0.2) is 23.1 Å². The second-order valence-electron chi connectivity index (χ2n) is 4.35.